The Balaban J connectivity index is 1.64. The topological polar surface area (TPSA) is 32.7 Å². The molecule has 0 bridgehead atoms. The van der Waals surface area contributed by atoms with Crippen LogP contribution in [0.3, 0.4) is 0 Å². The van der Waals surface area contributed by atoms with Crippen LogP contribution >= 0.6 is 11.8 Å². The summed E-state index contributed by atoms with van der Waals surface area (Å²) in [7, 11) is 0. The van der Waals surface area contributed by atoms with Crippen molar-refractivity contribution in [3.8, 4) is 0 Å². The Morgan fingerprint density at radius 1 is 0.862 bits per heavy atom. The van der Waals surface area contributed by atoms with Crippen LogP contribution in [0.2, 0.25) is 0 Å². The third-order valence-corrected chi connectivity index (χ3v) is 6.11. The van der Waals surface area contributed by atoms with Crippen molar-refractivity contribution in [1.29, 1.82) is 0 Å². The highest BCUT2D eigenvalue weighted by Crippen LogP contribution is 2.30. The Morgan fingerprint density at radius 2 is 1.41 bits per heavy atom. The number of amides is 1. The van der Waals surface area contributed by atoms with E-state index in [1.807, 2.05) is 83.8 Å². The third kappa shape index (κ3) is 4.77. The Morgan fingerprint density at radius 3 is 2.00 bits per heavy atom. The van der Waals surface area contributed by atoms with Crippen LogP contribution in [-0.4, -0.2) is 28.3 Å². The fraction of sp³-hybridized carbons (Fsp3) is 0.200. The van der Waals surface area contributed by atoms with Crippen molar-refractivity contribution in [3.63, 3.8) is 0 Å². The van der Waals surface area contributed by atoms with E-state index < -0.39 is 0 Å². The predicted octanol–water partition coefficient (Wildman–Crippen LogP) is 5.34. The van der Waals surface area contributed by atoms with Gasteiger partial charge in [0.15, 0.2) is 5.17 Å². The van der Waals surface area contributed by atoms with E-state index in [1.165, 1.54) is 0 Å². The van der Waals surface area contributed by atoms with Gasteiger partial charge in [0, 0.05) is 12.3 Å². The first-order valence-electron chi connectivity index (χ1n) is 9.95. The Labute approximate surface area is 176 Å². The highest BCUT2D eigenvalue weighted by molar-refractivity contribution is 8.13. The van der Waals surface area contributed by atoms with Crippen molar-refractivity contribution < 1.29 is 4.79 Å². The molecule has 1 amide bonds. The number of aliphatic imine (C=N–C) groups is 1. The number of rotatable bonds is 5. The molecule has 0 unspecified atom stereocenters. The van der Waals surface area contributed by atoms with E-state index in [0.29, 0.717) is 6.54 Å². The van der Waals surface area contributed by atoms with Crippen LogP contribution < -0.4 is 0 Å². The SMILES string of the molecule is O=C(C(c1ccccc1)c1ccccc1)N1CCCSC1=NCc1ccccc1. The molecule has 0 aromatic heterocycles. The number of benzene rings is 3. The van der Waals surface area contributed by atoms with E-state index >= 15 is 0 Å². The van der Waals surface area contributed by atoms with E-state index in [9.17, 15) is 4.79 Å². The minimum atomic E-state index is -0.321. The van der Waals surface area contributed by atoms with Gasteiger partial charge in [-0.15, -0.1) is 0 Å². The molecule has 29 heavy (non-hydrogen) atoms. The summed E-state index contributed by atoms with van der Waals surface area (Å²) in [5, 5.41) is 0.835. The Bertz CT molecular complexity index is 918. The molecular formula is C25H24N2OS. The van der Waals surface area contributed by atoms with Gasteiger partial charge in [-0.1, -0.05) is 103 Å². The maximum absolute atomic E-state index is 13.8. The number of nitrogens with zero attached hydrogens (tertiary/aromatic N) is 2. The van der Waals surface area contributed by atoms with Gasteiger partial charge < -0.3 is 0 Å². The van der Waals surface area contributed by atoms with E-state index in [4.69, 9.17) is 4.99 Å². The van der Waals surface area contributed by atoms with Crippen molar-refractivity contribution in [2.24, 2.45) is 4.99 Å². The molecule has 3 aromatic carbocycles. The van der Waals surface area contributed by atoms with Crippen molar-refractivity contribution in [2.75, 3.05) is 12.3 Å². The molecule has 0 aliphatic carbocycles. The fourth-order valence-corrected chi connectivity index (χ4v) is 4.51. The summed E-state index contributed by atoms with van der Waals surface area (Å²) < 4.78 is 0. The van der Waals surface area contributed by atoms with Crippen molar-refractivity contribution in [1.82, 2.24) is 4.90 Å². The maximum atomic E-state index is 13.8. The lowest BCUT2D eigenvalue weighted by Gasteiger charge is -2.31. The Hall–Kier alpha value is -2.85. The lowest BCUT2D eigenvalue weighted by atomic mass is 9.90. The number of hydrogen-bond donors (Lipinski definition) is 0. The highest BCUT2D eigenvalue weighted by Gasteiger charge is 2.31. The van der Waals surface area contributed by atoms with Crippen LogP contribution in [-0.2, 0) is 11.3 Å². The molecule has 1 fully saturated rings. The molecule has 146 valence electrons. The lowest BCUT2D eigenvalue weighted by molar-refractivity contribution is -0.128. The van der Waals surface area contributed by atoms with Gasteiger partial charge in [-0.3, -0.25) is 14.7 Å². The summed E-state index contributed by atoms with van der Waals surface area (Å²) in [6.45, 7) is 1.31. The number of hydrogen-bond acceptors (Lipinski definition) is 3. The van der Waals surface area contributed by atoms with Gasteiger partial charge in [0.1, 0.15) is 0 Å². The molecule has 0 saturated carbocycles. The Kier molecular flexibility index (Phi) is 6.42. The van der Waals surface area contributed by atoms with Gasteiger partial charge in [0.05, 0.1) is 12.5 Å². The van der Waals surface area contributed by atoms with E-state index in [-0.39, 0.29) is 11.8 Å². The van der Waals surface area contributed by atoms with Crippen molar-refractivity contribution in [2.45, 2.75) is 18.9 Å². The van der Waals surface area contributed by atoms with Crippen LogP contribution in [0.1, 0.15) is 29.0 Å². The second kappa shape index (κ2) is 9.57. The maximum Gasteiger partial charge on any atom is 0.240 e. The molecule has 1 aliphatic rings. The summed E-state index contributed by atoms with van der Waals surface area (Å²) in [4.78, 5) is 20.5. The van der Waals surface area contributed by atoms with E-state index in [1.54, 1.807) is 11.8 Å². The van der Waals surface area contributed by atoms with Gasteiger partial charge >= 0.3 is 0 Å². The average Bonchev–Trinajstić information content (AvgIpc) is 2.80. The van der Waals surface area contributed by atoms with Gasteiger partial charge in [-0.05, 0) is 23.1 Å². The summed E-state index contributed by atoms with van der Waals surface area (Å²) in [5.74, 6) is 0.776. The van der Waals surface area contributed by atoms with Crippen LogP contribution in [0.4, 0.5) is 0 Å². The van der Waals surface area contributed by atoms with Gasteiger partial charge in [0.25, 0.3) is 0 Å². The first-order valence-corrected chi connectivity index (χ1v) is 10.9. The fourth-order valence-electron chi connectivity index (χ4n) is 3.56. The lowest BCUT2D eigenvalue weighted by Crippen LogP contribution is -2.42. The molecule has 3 nitrogen and oxygen atoms in total. The predicted molar refractivity (Wildman–Crippen MR) is 121 cm³/mol. The number of amidine groups is 1. The minimum Gasteiger partial charge on any atom is -0.291 e. The van der Waals surface area contributed by atoms with Crippen LogP contribution in [0, 0.1) is 0 Å². The summed E-state index contributed by atoms with van der Waals surface area (Å²) in [6, 6.07) is 30.3. The molecule has 0 atom stereocenters. The summed E-state index contributed by atoms with van der Waals surface area (Å²) in [5.41, 5.74) is 3.18. The van der Waals surface area contributed by atoms with Crippen LogP contribution in [0.15, 0.2) is 96.0 Å². The zero-order valence-corrected chi connectivity index (χ0v) is 17.1. The molecule has 0 spiro atoms. The quantitative estimate of drug-likeness (QED) is 0.579. The first-order chi connectivity index (χ1) is 14.3. The van der Waals surface area contributed by atoms with Crippen LogP contribution in [0.25, 0.3) is 0 Å². The zero-order chi connectivity index (χ0) is 19.9. The third-order valence-electron chi connectivity index (χ3n) is 5.01. The van der Waals surface area contributed by atoms with Gasteiger partial charge in [-0.25, -0.2) is 0 Å². The molecule has 4 rings (SSSR count). The molecule has 1 heterocycles. The standard InChI is InChI=1S/C25H24N2OS/c28-24(23(21-13-6-2-7-14-21)22-15-8-3-9-16-22)27-17-10-18-29-25(27)26-19-20-11-4-1-5-12-20/h1-9,11-16,23H,10,17-19H2. The molecular weight excluding hydrogens is 376 g/mol. The van der Waals surface area contributed by atoms with Gasteiger partial charge in [0.2, 0.25) is 5.91 Å². The number of carbonyl (C=O) groups excluding carboxylic acids is 1. The van der Waals surface area contributed by atoms with Crippen molar-refractivity contribution >= 4 is 22.8 Å². The number of carbonyl (C=O) groups is 1. The van der Waals surface area contributed by atoms with E-state index in [0.717, 1.165) is 40.6 Å². The molecule has 3 aromatic rings. The monoisotopic (exact) mass is 400 g/mol. The van der Waals surface area contributed by atoms with Crippen molar-refractivity contribution in [3.05, 3.63) is 108 Å². The molecule has 1 aliphatic heterocycles. The molecule has 4 heteroatoms. The molecule has 1 saturated heterocycles. The second-order valence-corrected chi connectivity index (χ2v) is 8.09. The average molecular weight is 401 g/mol. The summed E-state index contributed by atoms with van der Waals surface area (Å²) >= 11 is 1.68. The molecule has 0 radical (unpaired) electrons. The van der Waals surface area contributed by atoms with Crippen LogP contribution in [0.5, 0.6) is 0 Å². The smallest absolute Gasteiger partial charge is 0.240 e. The summed E-state index contributed by atoms with van der Waals surface area (Å²) in [6.07, 6.45) is 0.983. The zero-order valence-electron chi connectivity index (χ0n) is 16.3. The largest absolute Gasteiger partial charge is 0.291 e. The minimum absolute atomic E-state index is 0.0985. The second-order valence-electron chi connectivity index (χ2n) is 7.03. The normalized spacial score (nSPS) is 15.6. The number of thioether (sulfide) groups is 1. The van der Waals surface area contributed by atoms with Gasteiger partial charge in [-0.2, -0.15) is 0 Å². The first kappa shape index (κ1) is 19.5. The van der Waals surface area contributed by atoms with E-state index in [2.05, 4.69) is 12.1 Å². The highest BCUT2D eigenvalue weighted by atomic mass is 32.2. The molecule has 0 N–H and O–H groups in total.